The average molecular weight is 487 g/mol. The molecule has 0 aromatic heterocycles. The van der Waals surface area contributed by atoms with Crippen LogP contribution in [-0.4, -0.2) is 5.11 Å². The molecule has 0 spiro atoms. The fraction of sp³-hybridized carbons (Fsp3) is 0.118. The van der Waals surface area contributed by atoms with Crippen LogP contribution in [0.15, 0.2) is 121 Å². The molecule has 0 radical (unpaired) electrons. The van der Waals surface area contributed by atoms with E-state index in [-0.39, 0.29) is 5.41 Å². The number of hydrogen-bond acceptors (Lipinski definition) is 1. The zero-order valence-corrected chi connectivity index (χ0v) is 21.1. The summed E-state index contributed by atoms with van der Waals surface area (Å²) in [7, 11) is 0. The van der Waals surface area contributed by atoms with Gasteiger partial charge >= 0.3 is 0 Å². The summed E-state index contributed by atoms with van der Waals surface area (Å²) in [4.78, 5) is 0. The van der Waals surface area contributed by atoms with E-state index < -0.39 is 5.60 Å². The molecule has 1 atom stereocenters. The van der Waals surface area contributed by atoms with Gasteiger partial charge in [0.25, 0.3) is 0 Å². The van der Waals surface area contributed by atoms with Crippen LogP contribution < -0.4 is 0 Å². The van der Waals surface area contributed by atoms with E-state index in [9.17, 15) is 5.11 Å². The minimum Gasteiger partial charge on any atom is -0.376 e. The van der Waals surface area contributed by atoms with Gasteiger partial charge in [0.15, 0.2) is 0 Å². The smallest absolute Gasteiger partial charge is 0.141 e. The quantitative estimate of drug-likeness (QED) is 0.270. The number of halogens is 1. The summed E-state index contributed by atoms with van der Waals surface area (Å²) < 4.78 is 0. The lowest BCUT2D eigenvalue weighted by Gasteiger charge is -2.45. The molecular weight excluding hydrogens is 460 g/mol. The molecule has 1 nitrogen and oxygen atoms in total. The Kier molecular flexibility index (Phi) is 5.37. The average Bonchev–Trinajstić information content (AvgIpc) is 2.92. The third kappa shape index (κ3) is 3.35. The molecule has 0 saturated carbocycles. The highest BCUT2D eigenvalue weighted by Crippen LogP contribution is 2.53. The molecule has 0 aliphatic heterocycles. The zero-order chi connectivity index (χ0) is 24.9. The van der Waals surface area contributed by atoms with Crippen LogP contribution in [0.2, 0.25) is 5.02 Å². The number of aliphatic hydroxyl groups is 1. The first-order valence-electron chi connectivity index (χ1n) is 12.3. The van der Waals surface area contributed by atoms with Crippen molar-refractivity contribution in [3.05, 3.63) is 154 Å². The van der Waals surface area contributed by atoms with E-state index in [2.05, 4.69) is 80.6 Å². The molecule has 5 aromatic carbocycles. The van der Waals surface area contributed by atoms with Gasteiger partial charge in [-0.15, -0.1) is 0 Å². The zero-order valence-electron chi connectivity index (χ0n) is 20.4. The van der Waals surface area contributed by atoms with Crippen molar-refractivity contribution in [1.29, 1.82) is 0 Å². The van der Waals surface area contributed by atoms with Crippen LogP contribution in [0, 0.1) is 0 Å². The van der Waals surface area contributed by atoms with Crippen LogP contribution in [0.25, 0.3) is 22.3 Å². The van der Waals surface area contributed by atoms with Crippen LogP contribution in [0.1, 0.15) is 41.7 Å². The number of benzene rings is 5. The van der Waals surface area contributed by atoms with Crippen LogP contribution >= 0.6 is 11.6 Å². The molecule has 1 unspecified atom stereocenters. The topological polar surface area (TPSA) is 20.2 Å². The molecule has 0 fully saturated rings. The van der Waals surface area contributed by atoms with E-state index in [0.29, 0.717) is 5.02 Å². The molecule has 0 bridgehead atoms. The van der Waals surface area contributed by atoms with Crippen LogP contribution in [0.3, 0.4) is 0 Å². The van der Waals surface area contributed by atoms with Crippen molar-refractivity contribution in [1.82, 2.24) is 0 Å². The second-order valence-electron chi connectivity index (χ2n) is 10.0. The molecular formula is C34H27ClO. The molecule has 0 amide bonds. The Morgan fingerprint density at radius 2 is 1.06 bits per heavy atom. The van der Waals surface area contributed by atoms with Crippen molar-refractivity contribution in [3.63, 3.8) is 0 Å². The second-order valence-corrected chi connectivity index (χ2v) is 10.4. The maximum Gasteiger partial charge on any atom is 0.141 e. The molecule has 1 N–H and O–H groups in total. The lowest BCUT2D eigenvalue weighted by Crippen LogP contribution is -2.41. The Hall–Kier alpha value is -3.65. The number of fused-ring (bicyclic) bond motifs is 2. The Morgan fingerprint density at radius 3 is 1.78 bits per heavy atom. The summed E-state index contributed by atoms with van der Waals surface area (Å²) in [6.07, 6.45) is 0. The molecule has 5 aromatic rings. The third-order valence-corrected chi connectivity index (χ3v) is 7.99. The van der Waals surface area contributed by atoms with E-state index in [1.54, 1.807) is 0 Å². The highest BCUT2D eigenvalue weighted by atomic mass is 35.5. The van der Waals surface area contributed by atoms with Crippen molar-refractivity contribution < 1.29 is 5.11 Å². The summed E-state index contributed by atoms with van der Waals surface area (Å²) in [5.74, 6) is 0. The fourth-order valence-corrected chi connectivity index (χ4v) is 6.06. The first-order chi connectivity index (χ1) is 17.4. The summed E-state index contributed by atoms with van der Waals surface area (Å²) in [6.45, 7) is 4.50. The van der Waals surface area contributed by atoms with Crippen LogP contribution in [0.4, 0.5) is 0 Å². The lowest BCUT2D eigenvalue weighted by molar-refractivity contribution is 0.117. The van der Waals surface area contributed by atoms with Crippen molar-refractivity contribution in [2.75, 3.05) is 0 Å². The predicted octanol–water partition coefficient (Wildman–Crippen LogP) is 8.60. The molecule has 1 aliphatic carbocycles. The van der Waals surface area contributed by atoms with E-state index in [1.165, 1.54) is 0 Å². The van der Waals surface area contributed by atoms with Crippen molar-refractivity contribution >= 4 is 11.6 Å². The molecule has 36 heavy (non-hydrogen) atoms. The highest BCUT2D eigenvalue weighted by Gasteiger charge is 2.47. The van der Waals surface area contributed by atoms with Gasteiger partial charge < -0.3 is 5.11 Å². The number of rotatable bonds is 3. The molecule has 0 heterocycles. The molecule has 1 aliphatic rings. The summed E-state index contributed by atoms with van der Waals surface area (Å²) in [5, 5.41) is 13.6. The van der Waals surface area contributed by atoms with Gasteiger partial charge in [-0.05, 0) is 51.1 Å². The standard InChI is InChI=1S/C34H27ClO/c1-33(2)28-17-9-10-18-29(28)34(36,27-16-8-6-14-25(27)26-15-7-11-19-32(26)35)30-21-20-24(22-31(30)33)23-12-4-3-5-13-23/h3-22,36H,1-2H3. The largest absolute Gasteiger partial charge is 0.376 e. The van der Waals surface area contributed by atoms with Gasteiger partial charge in [0, 0.05) is 21.6 Å². The molecule has 6 rings (SSSR count). The molecule has 176 valence electrons. The molecule has 2 heteroatoms. The first kappa shape index (κ1) is 22.8. The predicted molar refractivity (Wildman–Crippen MR) is 149 cm³/mol. The SMILES string of the molecule is CC1(C)c2ccccc2C(O)(c2ccccc2-c2ccccc2Cl)c2ccc(-c3ccccc3)cc21. The fourth-order valence-electron chi connectivity index (χ4n) is 5.82. The summed E-state index contributed by atoms with van der Waals surface area (Å²) in [6, 6.07) is 41.1. The van der Waals surface area contributed by atoms with Gasteiger partial charge in [0.1, 0.15) is 5.60 Å². The van der Waals surface area contributed by atoms with Gasteiger partial charge in [-0.2, -0.15) is 0 Å². The number of hydrogen-bond donors (Lipinski definition) is 1. The minimum atomic E-state index is -1.34. The van der Waals surface area contributed by atoms with Crippen LogP contribution in [0.5, 0.6) is 0 Å². The Labute approximate surface area is 217 Å². The second kappa shape index (κ2) is 8.48. The van der Waals surface area contributed by atoms with Crippen LogP contribution in [-0.2, 0) is 11.0 Å². The van der Waals surface area contributed by atoms with Gasteiger partial charge in [-0.25, -0.2) is 0 Å². The van der Waals surface area contributed by atoms with Gasteiger partial charge in [0.05, 0.1) is 0 Å². The maximum atomic E-state index is 12.9. The first-order valence-corrected chi connectivity index (χ1v) is 12.7. The third-order valence-electron chi connectivity index (χ3n) is 7.66. The van der Waals surface area contributed by atoms with Gasteiger partial charge in [0.2, 0.25) is 0 Å². The van der Waals surface area contributed by atoms with Crippen molar-refractivity contribution in [2.45, 2.75) is 24.9 Å². The maximum absolute atomic E-state index is 12.9. The molecule has 0 saturated heterocycles. The van der Waals surface area contributed by atoms with E-state index in [4.69, 9.17) is 11.6 Å². The summed E-state index contributed by atoms with van der Waals surface area (Å²) >= 11 is 6.67. The van der Waals surface area contributed by atoms with Crippen molar-refractivity contribution in [2.24, 2.45) is 0 Å². The van der Waals surface area contributed by atoms with Gasteiger partial charge in [-0.3, -0.25) is 0 Å². The normalized spacial score (nSPS) is 17.8. The minimum absolute atomic E-state index is 0.289. The Balaban J connectivity index is 1.68. The van der Waals surface area contributed by atoms with E-state index >= 15 is 0 Å². The monoisotopic (exact) mass is 486 g/mol. The lowest BCUT2D eigenvalue weighted by atomic mass is 9.61. The van der Waals surface area contributed by atoms with Gasteiger partial charge in [-0.1, -0.05) is 135 Å². The Morgan fingerprint density at radius 1 is 0.500 bits per heavy atom. The van der Waals surface area contributed by atoms with E-state index in [1.807, 2.05) is 54.6 Å². The van der Waals surface area contributed by atoms with E-state index in [0.717, 1.165) is 50.1 Å². The van der Waals surface area contributed by atoms with Crippen molar-refractivity contribution in [3.8, 4) is 22.3 Å². The highest BCUT2D eigenvalue weighted by molar-refractivity contribution is 6.33. The Bertz CT molecular complexity index is 1580. The summed E-state index contributed by atoms with van der Waals surface area (Å²) in [5.41, 5.74) is 7.41.